The van der Waals surface area contributed by atoms with Crippen LogP contribution >= 0.6 is 31.9 Å². The standard InChI is InChI=1S/C8H4Br2FN/c9-4-1-2-6(11)8-7(4)5(10)3-12-8/h1-3,12H. The molecule has 4 heteroatoms. The van der Waals surface area contributed by atoms with E-state index in [2.05, 4.69) is 36.8 Å². The van der Waals surface area contributed by atoms with E-state index in [1.807, 2.05) is 0 Å². The highest BCUT2D eigenvalue weighted by Crippen LogP contribution is 2.31. The van der Waals surface area contributed by atoms with Gasteiger partial charge in [0.1, 0.15) is 5.82 Å². The first kappa shape index (κ1) is 8.26. The molecule has 0 saturated carbocycles. The van der Waals surface area contributed by atoms with Crippen LogP contribution < -0.4 is 0 Å². The number of hydrogen-bond donors (Lipinski definition) is 1. The van der Waals surface area contributed by atoms with Crippen LogP contribution in [0.4, 0.5) is 4.39 Å². The highest BCUT2D eigenvalue weighted by Gasteiger charge is 2.08. The van der Waals surface area contributed by atoms with Crippen LogP contribution in [0, 0.1) is 5.82 Å². The van der Waals surface area contributed by atoms with Crippen molar-refractivity contribution < 1.29 is 4.39 Å². The third-order valence-electron chi connectivity index (χ3n) is 1.69. The first-order valence-electron chi connectivity index (χ1n) is 3.30. The highest BCUT2D eigenvalue weighted by atomic mass is 79.9. The summed E-state index contributed by atoms with van der Waals surface area (Å²) >= 11 is 6.67. The first-order chi connectivity index (χ1) is 5.70. The van der Waals surface area contributed by atoms with Gasteiger partial charge in [-0.3, -0.25) is 0 Å². The van der Waals surface area contributed by atoms with E-state index in [4.69, 9.17) is 0 Å². The number of H-pyrrole nitrogens is 1. The van der Waals surface area contributed by atoms with Gasteiger partial charge in [0.2, 0.25) is 0 Å². The summed E-state index contributed by atoms with van der Waals surface area (Å²) in [5, 5.41) is 0.843. The van der Waals surface area contributed by atoms with Crippen molar-refractivity contribution in [3.8, 4) is 0 Å². The monoisotopic (exact) mass is 291 g/mol. The maximum absolute atomic E-state index is 13.1. The van der Waals surface area contributed by atoms with Gasteiger partial charge in [-0.05, 0) is 28.1 Å². The van der Waals surface area contributed by atoms with Gasteiger partial charge in [0.25, 0.3) is 0 Å². The molecule has 0 fully saturated rings. The maximum atomic E-state index is 13.1. The molecule has 1 aromatic carbocycles. The number of aromatic nitrogens is 1. The lowest BCUT2D eigenvalue weighted by Crippen LogP contribution is -1.77. The maximum Gasteiger partial charge on any atom is 0.147 e. The smallest absolute Gasteiger partial charge is 0.147 e. The summed E-state index contributed by atoms with van der Waals surface area (Å²) in [4.78, 5) is 2.85. The van der Waals surface area contributed by atoms with Crippen molar-refractivity contribution in [2.24, 2.45) is 0 Å². The van der Waals surface area contributed by atoms with Crippen LogP contribution in [-0.2, 0) is 0 Å². The van der Waals surface area contributed by atoms with Gasteiger partial charge in [-0.2, -0.15) is 0 Å². The lowest BCUT2D eigenvalue weighted by atomic mass is 10.2. The number of fused-ring (bicyclic) bond motifs is 1. The van der Waals surface area contributed by atoms with Crippen molar-refractivity contribution in [2.45, 2.75) is 0 Å². The number of rotatable bonds is 0. The number of aromatic amines is 1. The molecule has 0 aliphatic rings. The Morgan fingerprint density at radius 3 is 2.58 bits per heavy atom. The molecule has 1 aromatic heterocycles. The van der Waals surface area contributed by atoms with Crippen LogP contribution in [0.2, 0.25) is 0 Å². The molecule has 0 aliphatic heterocycles. The highest BCUT2D eigenvalue weighted by molar-refractivity contribution is 9.11. The topological polar surface area (TPSA) is 15.8 Å². The third kappa shape index (κ3) is 1.10. The predicted octanol–water partition coefficient (Wildman–Crippen LogP) is 3.83. The van der Waals surface area contributed by atoms with Crippen LogP contribution in [0.3, 0.4) is 0 Å². The minimum Gasteiger partial charge on any atom is -0.358 e. The lowest BCUT2D eigenvalue weighted by molar-refractivity contribution is 0.637. The van der Waals surface area contributed by atoms with Crippen molar-refractivity contribution in [1.29, 1.82) is 0 Å². The molecule has 12 heavy (non-hydrogen) atoms. The number of nitrogens with one attached hydrogen (secondary N) is 1. The molecule has 0 unspecified atom stereocenters. The zero-order chi connectivity index (χ0) is 8.72. The van der Waals surface area contributed by atoms with Crippen molar-refractivity contribution in [3.05, 3.63) is 33.1 Å². The third-order valence-corrected chi connectivity index (χ3v) is 2.97. The summed E-state index contributed by atoms with van der Waals surface area (Å²) < 4.78 is 14.9. The van der Waals surface area contributed by atoms with Gasteiger partial charge in [-0.15, -0.1) is 0 Å². The van der Waals surface area contributed by atoms with E-state index >= 15 is 0 Å². The first-order valence-corrected chi connectivity index (χ1v) is 4.89. The molecule has 0 aliphatic carbocycles. The average Bonchev–Trinajstić information content (AvgIpc) is 2.42. The van der Waals surface area contributed by atoms with E-state index in [1.54, 1.807) is 12.3 Å². The average molecular weight is 293 g/mol. The second-order valence-electron chi connectivity index (χ2n) is 2.42. The predicted molar refractivity (Wildman–Crippen MR) is 53.7 cm³/mol. The minimum absolute atomic E-state index is 0.237. The molecule has 0 radical (unpaired) electrons. The Morgan fingerprint density at radius 2 is 1.92 bits per heavy atom. The molecule has 0 spiro atoms. The van der Waals surface area contributed by atoms with Gasteiger partial charge in [0.15, 0.2) is 0 Å². The van der Waals surface area contributed by atoms with E-state index in [0.29, 0.717) is 5.52 Å². The number of halogens is 3. The zero-order valence-electron chi connectivity index (χ0n) is 5.87. The Balaban J connectivity index is 2.98. The summed E-state index contributed by atoms with van der Waals surface area (Å²) in [5.41, 5.74) is 0.524. The second-order valence-corrected chi connectivity index (χ2v) is 4.12. The molecular formula is C8H4Br2FN. The van der Waals surface area contributed by atoms with Gasteiger partial charge in [0, 0.05) is 20.5 Å². The Labute approximate surface area is 85.2 Å². The Bertz CT molecular complexity index is 436. The van der Waals surface area contributed by atoms with Gasteiger partial charge in [0.05, 0.1) is 5.52 Å². The summed E-state index contributed by atoms with van der Waals surface area (Å²) in [7, 11) is 0. The van der Waals surface area contributed by atoms with Crippen LogP contribution in [0.15, 0.2) is 27.3 Å². The van der Waals surface area contributed by atoms with Crippen molar-refractivity contribution in [3.63, 3.8) is 0 Å². The fourth-order valence-electron chi connectivity index (χ4n) is 1.13. The van der Waals surface area contributed by atoms with Crippen molar-refractivity contribution in [1.82, 2.24) is 4.98 Å². The van der Waals surface area contributed by atoms with Crippen LogP contribution in [0.25, 0.3) is 10.9 Å². The van der Waals surface area contributed by atoms with Crippen LogP contribution in [-0.4, -0.2) is 4.98 Å². The number of benzene rings is 1. The SMILES string of the molecule is Fc1ccc(Br)c2c(Br)c[nH]c12. The summed E-state index contributed by atoms with van der Waals surface area (Å²) in [6, 6.07) is 3.12. The Hall–Kier alpha value is -0.350. The molecule has 0 saturated heterocycles. The molecule has 0 atom stereocenters. The normalized spacial score (nSPS) is 10.9. The molecule has 0 bridgehead atoms. The number of hydrogen-bond acceptors (Lipinski definition) is 0. The molecule has 2 aromatic rings. The quantitative estimate of drug-likeness (QED) is 0.759. The van der Waals surface area contributed by atoms with Crippen LogP contribution in [0.5, 0.6) is 0 Å². The molecule has 0 amide bonds. The molecule has 62 valence electrons. The van der Waals surface area contributed by atoms with Gasteiger partial charge in [-0.1, -0.05) is 15.9 Å². The van der Waals surface area contributed by atoms with E-state index in [0.717, 1.165) is 14.3 Å². The van der Waals surface area contributed by atoms with Crippen molar-refractivity contribution >= 4 is 42.8 Å². The molecule has 2 rings (SSSR count). The molecular weight excluding hydrogens is 289 g/mol. The Morgan fingerprint density at radius 1 is 1.17 bits per heavy atom. The Kier molecular flexibility index (Phi) is 1.96. The van der Waals surface area contributed by atoms with E-state index in [9.17, 15) is 4.39 Å². The van der Waals surface area contributed by atoms with Gasteiger partial charge in [-0.25, -0.2) is 4.39 Å². The van der Waals surface area contributed by atoms with E-state index < -0.39 is 0 Å². The summed E-state index contributed by atoms with van der Waals surface area (Å²) in [6.07, 6.45) is 1.72. The lowest BCUT2D eigenvalue weighted by Gasteiger charge is -1.95. The van der Waals surface area contributed by atoms with E-state index in [-0.39, 0.29) is 5.82 Å². The van der Waals surface area contributed by atoms with Gasteiger partial charge < -0.3 is 4.98 Å². The van der Waals surface area contributed by atoms with Crippen molar-refractivity contribution in [2.75, 3.05) is 0 Å². The second kappa shape index (κ2) is 2.85. The van der Waals surface area contributed by atoms with Crippen LogP contribution in [0.1, 0.15) is 0 Å². The summed E-state index contributed by atoms with van der Waals surface area (Å²) in [5.74, 6) is -0.237. The summed E-state index contributed by atoms with van der Waals surface area (Å²) in [6.45, 7) is 0. The fourth-order valence-corrected chi connectivity index (χ4v) is 2.47. The molecule has 1 nitrogen and oxygen atoms in total. The molecule has 1 heterocycles. The fraction of sp³-hybridized carbons (Fsp3) is 0. The van der Waals surface area contributed by atoms with E-state index in [1.165, 1.54) is 6.07 Å². The zero-order valence-corrected chi connectivity index (χ0v) is 9.04. The largest absolute Gasteiger partial charge is 0.358 e. The van der Waals surface area contributed by atoms with Gasteiger partial charge >= 0.3 is 0 Å². The molecule has 1 N–H and O–H groups in total. The minimum atomic E-state index is -0.237.